The van der Waals surface area contributed by atoms with Crippen molar-refractivity contribution in [3.63, 3.8) is 0 Å². The van der Waals surface area contributed by atoms with E-state index in [4.69, 9.17) is 9.51 Å². The highest BCUT2D eigenvalue weighted by Gasteiger charge is 2.32. The van der Waals surface area contributed by atoms with E-state index in [0.717, 1.165) is 65.8 Å². The van der Waals surface area contributed by atoms with Gasteiger partial charge in [-0.1, -0.05) is 50.1 Å². The minimum atomic E-state index is -0.309. The number of pyridine rings is 1. The molecule has 0 saturated heterocycles. The highest BCUT2D eigenvalue weighted by atomic mass is 16.5. The predicted octanol–water partition coefficient (Wildman–Crippen LogP) is 6.09. The van der Waals surface area contributed by atoms with Gasteiger partial charge in [0.25, 0.3) is 11.7 Å². The molecular weight excluding hydrogens is 516 g/mol. The number of amides is 1. The number of imidazole rings is 1. The molecule has 214 valence electrons. The number of nitrogens with one attached hydrogen (secondary N) is 2. The van der Waals surface area contributed by atoms with Gasteiger partial charge in [0.2, 0.25) is 5.89 Å². The lowest BCUT2D eigenvalue weighted by atomic mass is 9.81. The van der Waals surface area contributed by atoms with Gasteiger partial charge in [-0.15, -0.1) is 0 Å². The van der Waals surface area contributed by atoms with Gasteiger partial charge < -0.3 is 14.8 Å². The first-order valence-electron chi connectivity index (χ1n) is 14.6. The molecule has 2 aliphatic rings. The molecule has 0 aliphatic heterocycles. The molecule has 2 N–H and O–H groups in total. The lowest BCUT2D eigenvalue weighted by molar-refractivity contribution is 0.0910. The van der Waals surface area contributed by atoms with Crippen molar-refractivity contribution in [1.29, 1.82) is 0 Å². The Hall–Kier alpha value is -4.08. The maximum Gasteiger partial charge on any atom is 0.292 e. The molecule has 41 heavy (non-hydrogen) atoms. The summed E-state index contributed by atoms with van der Waals surface area (Å²) in [7, 11) is 0. The van der Waals surface area contributed by atoms with Gasteiger partial charge in [-0.05, 0) is 58.1 Å². The highest BCUT2D eigenvalue weighted by Crippen LogP contribution is 2.39. The summed E-state index contributed by atoms with van der Waals surface area (Å²) >= 11 is 0. The minimum Gasteiger partial charge on any atom is -0.346 e. The molecule has 4 aromatic rings. The summed E-state index contributed by atoms with van der Waals surface area (Å²) in [5.74, 6) is 1.30. The molecule has 0 radical (unpaired) electrons. The number of allylic oxidation sites excluding steroid dienone is 3. The van der Waals surface area contributed by atoms with Crippen molar-refractivity contribution in [3.8, 4) is 11.4 Å². The molecule has 1 amide bonds. The van der Waals surface area contributed by atoms with Gasteiger partial charge in [-0.25, -0.2) is 9.97 Å². The first kappa shape index (κ1) is 27.1. The van der Waals surface area contributed by atoms with E-state index < -0.39 is 0 Å². The van der Waals surface area contributed by atoms with Crippen LogP contribution in [0.25, 0.3) is 28.1 Å². The maximum absolute atomic E-state index is 13.1. The van der Waals surface area contributed by atoms with Crippen molar-refractivity contribution in [2.75, 3.05) is 0 Å². The van der Waals surface area contributed by atoms with Crippen LogP contribution < -0.4 is 5.32 Å². The summed E-state index contributed by atoms with van der Waals surface area (Å²) in [4.78, 5) is 30.4. The standard InChI is InChI=1S/C31H38N8O2/c1-17(2)39-18(3)23(16-33-39)26-35-25-22(13-14-32-27(25)36-26)20-11-12-21-19(15-20)9-7-8-10-24(21)34-29(40)28-37-30(41-38-28)31(4,5)6/h11,13-17,21,24H,7-10,12H2,1-6H3,(H,34,40)(H,32,35,36)/t21?,24-/m0/s1. The lowest BCUT2D eigenvalue weighted by Gasteiger charge is -2.30. The molecule has 0 spiro atoms. The van der Waals surface area contributed by atoms with E-state index in [9.17, 15) is 4.79 Å². The van der Waals surface area contributed by atoms with Gasteiger partial charge in [-0.2, -0.15) is 10.1 Å². The third-order valence-corrected chi connectivity index (χ3v) is 8.20. The van der Waals surface area contributed by atoms with E-state index in [-0.39, 0.29) is 35.1 Å². The normalized spacial score (nSPS) is 19.6. The quantitative estimate of drug-likeness (QED) is 0.305. The maximum atomic E-state index is 13.1. The van der Waals surface area contributed by atoms with Crippen molar-refractivity contribution < 1.29 is 9.32 Å². The average molecular weight is 555 g/mol. The van der Waals surface area contributed by atoms with Crippen LogP contribution in [0.15, 0.2) is 40.7 Å². The third-order valence-electron chi connectivity index (χ3n) is 8.20. The second kappa shape index (κ2) is 10.4. The molecule has 6 rings (SSSR count). The van der Waals surface area contributed by atoms with Crippen LogP contribution in [0.2, 0.25) is 0 Å². The molecule has 4 aromatic heterocycles. The molecule has 0 aromatic carbocycles. The van der Waals surface area contributed by atoms with Gasteiger partial charge in [-0.3, -0.25) is 9.48 Å². The Kier molecular flexibility index (Phi) is 6.87. The molecule has 10 heteroatoms. The Labute approximate surface area is 239 Å². The zero-order valence-electron chi connectivity index (χ0n) is 24.7. The van der Waals surface area contributed by atoms with E-state index in [1.54, 1.807) is 0 Å². The minimum absolute atomic E-state index is 0.0160. The van der Waals surface area contributed by atoms with E-state index in [1.807, 2.05) is 37.8 Å². The summed E-state index contributed by atoms with van der Waals surface area (Å²) in [6.07, 6.45) is 13.2. The van der Waals surface area contributed by atoms with Crippen molar-refractivity contribution in [3.05, 3.63) is 59.2 Å². The molecule has 4 heterocycles. The Morgan fingerprint density at radius 1 is 1.20 bits per heavy atom. The van der Waals surface area contributed by atoms with E-state index >= 15 is 0 Å². The smallest absolute Gasteiger partial charge is 0.292 e. The Morgan fingerprint density at radius 2 is 2.02 bits per heavy atom. The van der Waals surface area contributed by atoms with Crippen LogP contribution in [0.5, 0.6) is 0 Å². The van der Waals surface area contributed by atoms with Gasteiger partial charge in [0.05, 0.1) is 17.3 Å². The highest BCUT2D eigenvalue weighted by molar-refractivity contribution is 5.93. The van der Waals surface area contributed by atoms with Gasteiger partial charge in [0, 0.05) is 40.9 Å². The van der Waals surface area contributed by atoms with E-state index in [2.05, 4.69) is 69.5 Å². The Morgan fingerprint density at radius 3 is 2.76 bits per heavy atom. The summed E-state index contributed by atoms with van der Waals surface area (Å²) in [5.41, 5.74) is 6.97. The third kappa shape index (κ3) is 5.11. The van der Waals surface area contributed by atoms with E-state index in [1.165, 1.54) is 5.57 Å². The Balaban J connectivity index is 1.26. The first-order valence-corrected chi connectivity index (χ1v) is 14.6. The summed E-state index contributed by atoms with van der Waals surface area (Å²) in [6, 6.07) is 2.34. The number of hydrogen-bond donors (Lipinski definition) is 2. The lowest BCUT2D eigenvalue weighted by Crippen LogP contribution is -2.41. The van der Waals surface area contributed by atoms with Gasteiger partial charge in [0.15, 0.2) is 5.65 Å². The van der Waals surface area contributed by atoms with Crippen molar-refractivity contribution in [2.45, 2.75) is 91.1 Å². The summed E-state index contributed by atoms with van der Waals surface area (Å²) in [5, 5.41) is 11.7. The summed E-state index contributed by atoms with van der Waals surface area (Å²) < 4.78 is 7.36. The molecule has 1 saturated carbocycles. The molecular formula is C31H38N8O2. The second-order valence-electron chi connectivity index (χ2n) is 12.5. The number of rotatable bonds is 5. The SMILES string of the molecule is Cc1c(-c2nc3nccc(C4=CCC5C(=C4)CCCC[C@@H]5NC(=O)c4noc(C(C)(C)C)n4)c3[nH]2)cnn1C(C)C. The molecule has 2 aliphatic carbocycles. The number of hydrogen-bond acceptors (Lipinski definition) is 7. The zero-order valence-corrected chi connectivity index (χ0v) is 24.7. The number of carbonyl (C=O) groups is 1. The van der Waals surface area contributed by atoms with Crippen LogP contribution in [-0.4, -0.2) is 46.8 Å². The van der Waals surface area contributed by atoms with E-state index in [0.29, 0.717) is 11.5 Å². The van der Waals surface area contributed by atoms with Crippen LogP contribution >= 0.6 is 0 Å². The van der Waals surface area contributed by atoms with Crippen LogP contribution in [0, 0.1) is 12.8 Å². The number of aromatic nitrogens is 7. The Bertz CT molecular complexity index is 1660. The van der Waals surface area contributed by atoms with Crippen molar-refractivity contribution in [2.24, 2.45) is 5.92 Å². The molecule has 1 fully saturated rings. The van der Waals surface area contributed by atoms with Crippen LogP contribution in [0.4, 0.5) is 0 Å². The van der Waals surface area contributed by atoms with Gasteiger partial charge >= 0.3 is 0 Å². The van der Waals surface area contributed by atoms with Crippen molar-refractivity contribution >= 4 is 22.6 Å². The predicted molar refractivity (Wildman–Crippen MR) is 157 cm³/mol. The fourth-order valence-electron chi connectivity index (χ4n) is 6.02. The topological polar surface area (TPSA) is 127 Å². The summed E-state index contributed by atoms with van der Waals surface area (Å²) in [6.45, 7) is 12.3. The number of fused-ring (bicyclic) bond motifs is 2. The fraction of sp³-hybridized carbons (Fsp3) is 0.484. The first-order chi connectivity index (χ1) is 19.6. The molecule has 1 unspecified atom stereocenters. The average Bonchev–Trinajstić information content (AvgIpc) is 3.65. The molecule has 0 bridgehead atoms. The van der Waals surface area contributed by atoms with Crippen LogP contribution in [0.1, 0.15) is 101 Å². The molecule has 10 nitrogen and oxygen atoms in total. The number of nitrogens with zero attached hydrogens (tertiary/aromatic N) is 6. The number of H-pyrrole nitrogens is 1. The number of aromatic amines is 1. The van der Waals surface area contributed by atoms with Crippen molar-refractivity contribution in [1.82, 2.24) is 40.2 Å². The zero-order chi connectivity index (χ0) is 28.9. The van der Waals surface area contributed by atoms with Crippen LogP contribution in [-0.2, 0) is 5.41 Å². The molecule has 2 atom stereocenters. The number of carbonyl (C=O) groups excluding carboxylic acids is 1. The largest absolute Gasteiger partial charge is 0.346 e. The van der Waals surface area contributed by atoms with Crippen LogP contribution in [0.3, 0.4) is 0 Å². The second-order valence-corrected chi connectivity index (χ2v) is 12.5. The fourth-order valence-corrected chi connectivity index (χ4v) is 6.02. The monoisotopic (exact) mass is 554 g/mol. The van der Waals surface area contributed by atoms with Gasteiger partial charge in [0.1, 0.15) is 5.82 Å².